The number of carbonyl (C=O) groups excluding carboxylic acids is 1. The molecule has 0 aliphatic heterocycles. The molecule has 1 amide bonds. The summed E-state index contributed by atoms with van der Waals surface area (Å²) in [5.41, 5.74) is 5.33. The van der Waals surface area contributed by atoms with E-state index >= 15 is 0 Å². The van der Waals surface area contributed by atoms with Gasteiger partial charge in [0.05, 0.1) is 24.0 Å². The smallest absolute Gasteiger partial charge is 0.226 e. The van der Waals surface area contributed by atoms with Gasteiger partial charge >= 0.3 is 0 Å². The van der Waals surface area contributed by atoms with Crippen LogP contribution < -0.4 is 5.32 Å². The number of hydrogen-bond acceptors (Lipinski definition) is 4. The predicted octanol–water partition coefficient (Wildman–Crippen LogP) is 4.46. The molecule has 152 valence electrons. The van der Waals surface area contributed by atoms with E-state index in [1.807, 2.05) is 52.8 Å². The molecule has 6 heteroatoms. The molecule has 0 saturated carbocycles. The number of hydrogen-bond donors (Lipinski definition) is 1. The molecule has 5 nitrogen and oxygen atoms in total. The van der Waals surface area contributed by atoms with Gasteiger partial charge < -0.3 is 5.32 Å². The van der Waals surface area contributed by atoms with Gasteiger partial charge in [0.25, 0.3) is 0 Å². The second-order valence-electron chi connectivity index (χ2n) is 7.10. The molecular weight excluding hydrogens is 392 g/mol. The minimum absolute atomic E-state index is 0.0105. The van der Waals surface area contributed by atoms with Crippen molar-refractivity contribution in [2.45, 2.75) is 26.2 Å². The lowest BCUT2D eigenvalue weighted by Gasteiger charge is -2.03. The monoisotopic (exact) mass is 416 g/mol. The van der Waals surface area contributed by atoms with E-state index in [9.17, 15) is 4.79 Å². The molecule has 0 aliphatic carbocycles. The number of para-hydroxylation sites is 1. The summed E-state index contributed by atoms with van der Waals surface area (Å²) < 4.78 is 1.85. The Morgan fingerprint density at radius 3 is 2.63 bits per heavy atom. The van der Waals surface area contributed by atoms with Crippen molar-refractivity contribution in [1.82, 2.24) is 20.1 Å². The van der Waals surface area contributed by atoms with Crippen LogP contribution in [0, 0.1) is 0 Å². The van der Waals surface area contributed by atoms with Crippen LogP contribution in [0.25, 0.3) is 16.3 Å². The Balaban J connectivity index is 1.26. The fraction of sp³-hybridized carbons (Fsp3) is 0.208. The van der Waals surface area contributed by atoms with Crippen LogP contribution >= 0.6 is 11.3 Å². The van der Waals surface area contributed by atoms with Gasteiger partial charge in [-0.2, -0.15) is 5.10 Å². The molecule has 0 radical (unpaired) electrons. The van der Waals surface area contributed by atoms with Crippen molar-refractivity contribution in [3.05, 3.63) is 89.2 Å². The Kier molecular flexibility index (Phi) is 6.35. The van der Waals surface area contributed by atoms with Crippen LogP contribution in [0.3, 0.4) is 0 Å². The minimum atomic E-state index is -0.0105. The highest BCUT2D eigenvalue weighted by atomic mass is 32.1. The maximum atomic E-state index is 12.3. The summed E-state index contributed by atoms with van der Waals surface area (Å²) in [5, 5.41) is 10.3. The average molecular weight is 417 g/mol. The molecule has 1 N–H and O–H groups in total. The molecule has 2 aromatic heterocycles. The van der Waals surface area contributed by atoms with Crippen molar-refractivity contribution in [3.63, 3.8) is 0 Å². The summed E-state index contributed by atoms with van der Waals surface area (Å²) in [4.78, 5) is 16.9. The highest BCUT2D eigenvalue weighted by Gasteiger charge is 2.09. The van der Waals surface area contributed by atoms with Crippen molar-refractivity contribution >= 4 is 17.2 Å². The number of thiazole rings is 1. The topological polar surface area (TPSA) is 59.8 Å². The van der Waals surface area contributed by atoms with Crippen LogP contribution in [-0.4, -0.2) is 27.2 Å². The lowest BCUT2D eigenvalue weighted by Crippen LogP contribution is -2.27. The second kappa shape index (κ2) is 9.50. The Morgan fingerprint density at radius 2 is 1.87 bits per heavy atom. The molecular formula is C24H24N4OS. The number of aromatic nitrogens is 3. The SMILES string of the molecule is CCc1ccc(-c2nc(CC(=O)NCCc3cnn(-c4ccccc4)c3)cs2)cc1. The third kappa shape index (κ3) is 5.02. The van der Waals surface area contributed by atoms with Crippen LogP contribution in [0.15, 0.2) is 72.4 Å². The van der Waals surface area contributed by atoms with Crippen LogP contribution in [0.4, 0.5) is 0 Å². The summed E-state index contributed by atoms with van der Waals surface area (Å²) in [6.07, 6.45) is 5.90. The summed E-state index contributed by atoms with van der Waals surface area (Å²) >= 11 is 1.58. The molecule has 2 heterocycles. The molecule has 0 unspecified atom stereocenters. The van der Waals surface area contributed by atoms with Gasteiger partial charge in [0, 0.05) is 23.7 Å². The standard InChI is InChI=1S/C24H24N4OS/c1-2-18-8-10-20(11-9-18)24-27-21(17-30-24)14-23(29)25-13-12-19-15-26-28(16-19)22-6-4-3-5-7-22/h3-11,15-17H,2,12-14H2,1H3,(H,25,29). The molecule has 4 aromatic rings. The van der Waals surface area contributed by atoms with Gasteiger partial charge in [-0.25, -0.2) is 9.67 Å². The van der Waals surface area contributed by atoms with Crippen molar-refractivity contribution < 1.29 is 4.79 Å². The molecule has 0 fully saturated rings. The van der Waals surface area contributed by atoms with E-state index < -0.39 is 0 Å². The van der Waals surface area contributed by atoms with Crippen LogP contribution in [0.1, 0.15) is 23.7 Å². The molecule has 0 aliphatic rings. The summed E-state index contributed by atoms with van der Waals surface area (Å²) in [5.74, 6) is -0.0105. The molecule has 4 rings (SSSR count). The molecule has 0 spiro atoms. The van der Waals surface area contributed by atoms with E-state index in [0.29, 0.717) is 13.0 Å². The van der Waals surface area contributed by atoms with Crippen molar-refractivity contribution in [3.8, 4) is 16.3 Å². The van der Waals surface area contributed by atoms with Gasteiger partial charge in [-0.3, -0.25) is 4.79 Å². The Morgan fingerprint density at radius 1 is 1.07 bits per heavy atom. The van der Waals surface area contributed by atoms with Gasteiger partial charge in [-0.05, 0) is 36.1 Å². The summed E-state index contributed by atoms with van der Waals surface area (Å²) in [6, 6.07) is 18.4. The Labute approximate surface area is 180 Å². The normalized spacial score (nSPS) is 10.8. The number of aryl methyl sites for hydroxylation is 1. The van der Waals surface area contributed by atoms with Crippen molar-refractivity contribution in [2.75, 3.05) is 6.54 Å². The zero-order valence-corrected chi connectivity index (χ0v) is 17.7. The molecule has 0 saturated heterocycles. The molecule has 0 bridgehead atoms. The lowest BCUT2D eigenvalue weighted by molar-refractivity contribution is -0.120. The number of nitrogens with one attached hydrogen (secondary N) is 1. The number of benzene rings is 2. The maximum absolute atomic E-state index is 12.3. The molecule has 0 atom stereocenters. The highest BCUT2D eigenvalue weighted by Crippen LogP contribution is 2.24. The Hall–Kier alpha value is -3.25. The quantitative estimate of drug-likeness (QED) is 0.461. The first-order chi connectivity index (χ1) is 14.7. The number of carbonyl (C=O) groups is 1. The fourth-order valence-corrected chi connectivity index (χ4v) is 4.01. The first kappa shape index (κ1) is 20.0. The number of nitrogens with zero attached hydrogens (tertiary/aromatic N) is 3. The molecule has 2 aromatic carbocycles. The maximum Gasteiger partial charge on any atom is 0.226 e. The first-order valence-electron chi connectivity index (χ1n) is 10.1. The van der Waals surface area contributed by atoms with Crippen LogP contribution in [0.5, 0.6) is 0 Å². The predicted molar refractivity (Wildman–Crippen MR) is 121 cm³/mol. The van der Waals surface area contributed by atoms with Gasteiger partial charge in [0.2, 0.25) is 5.91 Å². The van der Waals surface area contributed by atoms with Crippen molar-refractivity contribution in [2.24, 2.45) is 0 Å². The van der Waals surface area contributed by atoms with E-state index in [-0.39, 0.29) is 5.91 Å². The van der Waals surface area contributed by atoms with Gasteiger partial charge in [0.1, 0.15) is 5.01 Å². The van der Waals surface area contributed by atoms with Crippen LogP contribution in [0.2, 0.25) is 0 Å². The third-order valence-electron chi connectivity index (χ3n) is 4.90. The lowest BCUT2D eigenvalue weighted by atomic mass is 10.1. The van der Waals surface area contributed by atoms with Crippen LogP contribution in [-0.2, 0) is 24.1 Å². The second-order valence-corrected chi connectivity index (χ2v) is 7.96. The van der Waals surface area contributed by atoms with E-state index in [4.69, 9.17) is 0 Å². The fourth-order valence-electron chi connectivity index (χ4n) is 3.19. The first-order valence-corrected chi connectivity index (χ1v) is 11.0. The summed E-state index contributed by atoms with van der Waals surface area (Å²) in [6.45, 7) is 2.72. The number of rotatable bonds is 8. The largest absolute Gasteiger partial charge is 0.355 e. The van der Waals surface area contributed by atoms with Gasteiger partial charge in [0.15, 0.2) is 0 Å². The van der Waals surface area contributed by atoms with E-state index in [2.05, 4.69) is 46.6 Å². The van der Waals surface area contributed by atoms with Gasteiger partial charge in [-0.1, -0.05) is 49.4 Å². The zero-order chi connectivity index (χ0) is 20.8. The summed E-state index contributed by atoms with van der Waals surface area (Å²) in [7, 11) is 0. The van der Waals surface area contributed by atoms with E-state index in [0.717, 1.165) is 40.4 Å². The zero-order valence-electron chi connectivity index (χ0n) is 16.9. The Bertz CT molecular complexity index is 1100. The highest BCUT2D eigenvalue weighted by molar-refractivity contribution is 7.13. The third-order valence-corrected chi connectivity index (χ3v) is 5.84. The van der Waals surface area contributed by atoms with E-state index in [1.165, 1.54) is 5.56 Å². The van der Waals surface area contributed by atoms with Gasteiger partial charge in [-0.15, -0.1) is 11.3 Å². The number of amides is 1. The minimum Gasteiger partial charge on any atom is -0.355 e. The average Bonchev–Trinajstić information content (AvgIpc) is 3.44. The van der Waals surface area contributed by atoms with Crippen molar-refractivity contribution in [1.29, 1.82) is 0 Å². The van der Waals surface area contributed by atoms with E-state index in [1.54, 1.807) is 11.3 Å². The molecule has 30 heavy (non-hydrogen) atoms.